The van der Waals surface area contributed by atoms with Crippen LogP contribution in [0.2, 0.25) is 5.15 Å². The Morgan fingerprint density at radius 2 is 2.44 bits per heavy atom. The Hall–Kier alpha value is -1.00. The highest BCUT2D eigenvalue weighted by Gasteiger charge is 2.29. The summed E-state index contributed by atoms with van der Waals surface area (Å²) in [5.74, 6) is 0.696. The van der Waals surface area contributed by atoms with Gasteiger partial charge in [0.05, 0.1) is 5.60 Å². The van der Waals surface area contributed by atoms with Gasteiger partial charge in [0.15, 0.2) is 0 Å². The van der Waals surface area contributed by atoms with Crippen LogP contribution in [0.25, 0.3) is 0 Å². The zero-order valence-electron chi connectivity index (χ0n) is 9.29. The van der Waals surface area contributed by atoms with Crippen LogP contribution in [0, 0.1) is 0 Å². The molecule has 2 heterocycles. The maximum Gasteiger partial charge on any atom is 0.133 e. The average Bonchev–Trinajstić information content (AvgIpc) is 2.62. The molecule has 0 spiro atoms. The van der Waals surface area contributed by atoms with Crippen LogP contribution in [0.5, 0.6) is 0 Å². The molecule has 1 saturated heterocycles. The molecule has 1 unspecified atom stereocenters. The smallest absolute Gasteiger partial charge is 0.133 e. The summed E-state index contributed by atoms with van der Waals surface area (Å²) in [6.45, 7) is 3.66. The molecule has 0 radical (unpaired) electrons. The highest BCUT2D eigenvalue weighted by molar-refractivity contribution is 6.29. The van der Waals surface area contributed by atoms with Crippen molar-refractivity contribution in [3.8, 4) is 0 Å². The highest BCUT2D eigenvalue weighted by atomic mass is 35.5. The summed E-state index contributed by atoms with van der Waals surface area (Å²) in [4.78, 5) is 4.14. The first-order valence-corrected chi connectivity index (χ1v) is 5.76. The van der Waals surface area contributed by atoms with Gasteiger partial charge in [-0.3, -0.25) is 0 Å². The minimum Gasteiger partial charge on any atom is -0.399 e. The lowest BCUT2D eigenvalue weighted by atomic mass is 10.0. The number of nitrogens with zero attached hydrogens (tertiary/aromatic N) is 1. The predicted octanol–water partition coefficient (Wildman–Crippen LogP) is 2.30. The quantitative estimate of drug-likeness (QED) is 0.798. The first-order valence-electron chi connectivity index (χ1n) is 5.38. The number of pyridine rings is 1. The van der Waals surface area contributed by atoms with Gasteiger partial charge in [-0.15, -0.1) is 0 Å². The summed E-state index contributed by atoms with van der Waals surface area (Å²) >= 11 is 5.82. The molecule has 16 heavy (non-hydrogen) atoms. The van der Waals surface area contributed by atoms with Gasteiger partial charge in [0.25, 0.3) is 0 Å². The molecule has 0 bridgehead atoms. The second kappa shape index (κ2) is 4.47. The van der Waals surface area contributed by atoms with Crippen LogP contribution in [0.1, 0.15) is 19.8 Å². The highest BCUT2D eigenvalue weighted by Crippen LogP contribution is 2.25. The molecule has 0 aromatic carbocycles. The maximum atomic E-state index is 5.82. The van der Waals surface area contributed by atoms with Crippen molar-refractivity contribution in [1.29, 1.82) is 0 Å². The Labute approximate surface area is 100 Å². The Bertz CT molecular complexity index is 357. The van der Waals surface area contributed by atoms with Gasteiger partial charge in [0.2, 0.25) is 0 Å². The standard InChI is InChI=1S/C11H16ClN3O/c1-11(3-2-4-16-11)7-14-10-6-8(13)5-9(12)15-10/h5-6H,2-4,7H2,1H3,(H3,13,14,15). The number of aromatic nitrogens is 1. The van der Waals surface area contributed by atoms with E-state index in [1.165, 1.54) is 0 Å². The molecule has 88 valence electrons. The number of halogens is 1. The Morgan fingerprint density at radius 1 is 1.62 bits per heavy atom. The van der Waals surface area contributed by atoms with E-state index in [0.717, 1.165) is 26.0 Å². The van der Waals surface area contributed by atoms with Gasteiger partial charge in [-0.25, -0.2) is 4.98 Å². The van der Waals surface area contributed by atoms with Crippen LogP contribution < -0.4 is 11.1 Å². The maximum absolute atomic E-state index is 5.82. The minimum absolute atomic E-state index is 0.0985. The zero-order chi connectivity index (χ0) is 11.6. The van der Waals surface area contributed by atoms with E-state index in [1.54, 1.807) is 12.1 Å². The number of nitrogen functional groups attached to an aromatic ring is 1. The molecular weight excluding hydrogens is 226 g/mol. The molecule has 0 aliphatic carbocycles. The van der Waals surface area contributed by atoms with E-state index in [2.05, 4.69) is 17.2 Å². The van der Waals surface area contributed by atoms with Crippen LogP contribution in [0.3, 0.4) is 0 Å². The largest absolute Gasteiger partial charge is 0.399 e. The molecule has 1 aliphatic heterocycles. The van der Waals surface area contributed by atoms with Gasteiger partial charge in [-0.1, -0.05) is 11.6 Å². The fraction of sp³-hybridized carbons (Fsp3) is 0.545. The third kappa shape index (κ3) is 2.77. The third-order valence-corrected chi connectivity index (χ3v) is 2.95. The third-order valence-electron chi connectivity index (χ3n) is 2.76. The lowest BCUT2D eigenvalue weighted by Gasteiger charge is -2.23. The van der Waals surface area contributed by atoms with Crippen molar-refractivity contribution >= 4 is 23.1 Å². The molecular formula is C11H16ClN3O. The second-order valence-electron chi connectivity index (χ2n) is 4.36. The van der Waals surface area contributed by atoms with E-state index in [1.807, 2.05) is 0 Å². The predicted molar refractivity (Wildman–Crippen MR) is 65.7 cm³/mol. The van der Waals surface area contributed by atoms with E-state index in [0.29, 0.717) is 16.7 Å². The van der Waals surface area contributed by atoms with E-state index in [-0.39, 0.29) is 5.60 Å². The fourth-order valence-corrected chi connectivity index (χ4v) is 2.08. The van der Waals surface area contributed by atoms with Crippen molar-refractivity contribution in [2.45, 2.75) is 25.4 Å². The topological polar surface area (TPSA) is 60.2 Å². The molecule has 5 heteroatoms. The van der Waals surface area contributed by atoms with E-state index < -0.39 is 0 Å². The Kier molecular flexibility index (Phi) is 3.21. The molecule has 0 saturated carbocycles. The van der Waals surface area contributed by atoms with Crippen LogP contribution in [-0.4, -0.2) is 23.7 Å². The monoisotopic (exact) mass is 241 g/mol. The van der Waals surface area contributed by atoms with Crippen molar-refractivity contribution in [3.05, 3.63) is 17.3 Å². The van der Waals surface area contributed by atoms with Gasteiger partial charge in [-0.2, -0.15) is 0 Å². The zero-order valence-corrected chi connectivity index (χ0v) is 10.0. The van der Waals surface area contributed by atoms with E-state index >= 15 is 0 Å². The van der Waals surface area contributed by atoms with Gasteiger partial charge >= 0.3 is 0 Å². The molecule has 1 fully saturated rings. The van der Waals surface area contributed by atoms with Crippen LogP contribution in [0.15, 0.2) is 12.1 Å². The number of rotatable bonds is 3. The molecule has 1 atom stereocenters. The SMILES string of the molecule is CC1(CNc2cc(N)cc(Cl)n2)CCCO1. The van der Waals surface area contributed by atoms with Crippen molar-refractivity contribution in [2.24, 2.45) is 0 Å². The van der Waals surface area contributed by atoms with Gasteiger partial charge in [0, 0.05) is 24.9 Å². The molecule has 0 amide bonds. The first kappa shape index (κ1) is 11.5. The van der Waals surface area contributed by atoms with Crippen molar-refractivity contribution in [3.63, 3.8) is 0 Å². The fourth-order valence-electron chi connectivity index (χ4n) is 1.86. The van der Waals surface area contributed by atoms with Crippen LogP contribution >= 0.6 is 11.6 Å². The van der Waals surface area contributed by atoms with E-state index in [4.69, 9.17) is 22.1 Å². The summed E-state index contributed by atoms with van der Waals surface area (Å²) in [6.07, 6.45) is 2.18. The van der Waals surface area contributed by atoms with Crippen LogP contribution in [0.4, 0.5) is 11.5 Å². The minimum atomic E-state index is -0.0985. The molecule has 4 nitrogen and oxygen atoms in total. The average molecular weight is 242 g/mol. The summed E-state index contributed by atoms with van der Waals surface area (Å²) < 4.78 is 5.67. The number of ether oxygens (including phenoxy) is 1. The van der Waals surface area contributed by atoms with Gasteiger partial charge < -0.3 is 15.8 Å². The lowest BCUT2D eigenvalue weighted by molar-refractivity contribution is 0.0315. The van der Waals surface area contributed by atoms with Crippen molar-refractivity contribution in [2.75, 3.05) is 24.2 Å². The number of anilines is 2. The molecule has 1 aromatic heterocycles. The van der Waals surface area contributed by atoms with Gasteiger partial charge in [0.1, 0.15) is 11.0 Å². The molecule has 2 rings (SSSR count). The summed E-state index contributed by atoms with van der Waals surface area (Å²) in [6, 6.07) is 3.39. The summed E-state index contributed by atoms with van der Waals surface area (Å²) in [5.41, 5.74) is 6.19. The van der Waals surface area contributed by atoms with Crippen molar-refractivity contribution in [1.82, 2.24) is 4.98 Å². The first-order chi connectivity index (χ1) is 7.57. The van der Waals surface area contributed by atoms with E-state index in [9.17, 15) is 0 Å². The van der Waals surface area contributed by atoms with Gasteiger partial charge in [-0.05, 0) is 25.8 Å². The Morgan fingerprint density at radius 3 is 3.06 bits per heavy atom. The molecule has 1 aromatic rings. The molecule has 3 N–H and O–H groups in total. The summed E-state index contributed by atoms with van der Waals surface area (Å²) in [7, 11) is 0. The number of hydrogen-bond acceptors (Lipinski definition) is 4. The summed E-state index contributed by atoms with van der Waals surface area (Å²) in [5, 5.41) is 3.61. The van der Waals surface area contributed by atoms with Crippen molar-refractivity contribution < 1.29 is 4.74 Å². The second-order valence-corrected chi connectivity index (χ2v) is 4.75. The lowest BCUT2D eigenvalue weighted by Crippen LogP contribution is -2.32. The normalized spacial score (nSPS) is 24.6. The number of nitrogens with one attached hydrogen (secondary N) is 1. The number of hydrogen-bond donors (Lipinski definition) is 2. The number of nitrogens with two attached hydrogens (primary N) is 1. The Balaban J connectivity index is 1.98. The molecule has 1 aliphatic rings. The van der Waals surface area contributed by atoms with Crippen LogP contribution in [-0.2, 0) is 4.74 Å².